The molecule has 148 valence electrons. The molecule has 1 aliphatic rings. The molecule has 0 bridgehead atoms. The van der Waals surface area contributed by atoms with Crippen LogP contribution in [0.1, 0.15) is 22.3 Å². The highest BCUT2D eigenvalue weighted by Crippen LogP contribution is 2.33. The van der Waals surface area contributed by atoms with Crippen LogP contribution in [0, 0.1) is 0 Å². The maximum atomic E-state index is 13.1. The molecule has 3 aromatic carbocycles. The number of sulfonamides is 1. The van der Waals surface area contributed by atoms with Crippen molar-refractivity contribution in [1.29, 1.82) is 0 Å². The Morgan fingerprint density at radius 1 is 0.966 bits per heavy atom. The van der Waals surface area contributed by atoms with Crippen molar-refractivity contribution in [3.05, 3.63) is 88.4 Å². The Morgan fingerprint density at radius 2 is 1.76 bits per heavy atom. The lowest BCUT2D eigenvalue weighted by Crippen LogP contribution is -2.35. The van der Waals surface area contributed by atoms with E-state index >= 15 is 0 Å². The van der Waals surface area contributed by atoms with Gasteiger partial charge in [-0.2, -0.15) is 0 Å². The average molecular weight is 471 g/mol. The SMILES string of the molecule is O=C(Nc1ccc2c(c1)CCCN2S(=O)(=O)c1ccccc1)c1cccc(Br)c1. The highest BCUT2D eigenvalue weighted by Gasteiger charge is 2.29. The molecule has 0 unspecified atom stereocenters. The minimum absolute atomic E-state index is 0.212. The van der Waals surface area contributed by atoms with E-state index in [-0.39, 0.29) is 10.8 Å². The number of benzene rings is 3. The number of halogens is 1. The summed E-state index contributed by atoms with van der Waals surface area (Å²) in [6.07, 6.45) is 1.48. The molecule has 0 radical (unpaired) electrons. The molecule has 5 nitrogen and oxygen atoms in total. The molecular weight excluding hydrogens is 452 g/mol. The number of aryl methyl sites for hydroxylation is 1. The molecule has 1 aliphatic heterocycles. The zero-order chi connectivity index (χ0) is 20.4. The van der Waals surface area contributed by atoms with Crippen molar-refractivity contribution in [3.8, 4) is 0 Å². The molecule has 0 fully saturated rings. The van der Waals surface area contributed by atoms with E-state index in [1.165, 1.54) is 4.31 Å². The Balaban J connectivity index is 1.61. The van der Waals surface area contributed by atoms with Gasteiger partial charge in [-0.1, -0.05) is 40.2 Å². The van der Waals surface area contributed by atoms with Gasteiger partial charge in [0.1, 0.15) is 0 Å². The van der Waals surface area contributed by atoms with Gasteiger partial charge >= 0.3 is 0 Å². The van der Waals surface area contributed by atoms with Crippen LogP contribution in [-0.4, -0.2) is 20.9 Å². The predicted octanol–water partition coefficient (Wildman–Crippen LogP) is 4.84. The highest BCUT2D eigenvalue weighted by molar-refractivity contribution is 9.10. The molecule has 29 heavy (non-hydrogen) atoms. The number of fused-ring (bicyclic) bond motifs is 1. The van der Waals surface area contributed by atoms with Crippen molar-refractivity contribution in [2.24, 2.45) is 0 Å². The van der Waals surface area contributed by atoms with Gasteiger partial charge in [-0.15, -0.1) is 0 Å². The summed E-state index contributed by atoms with van der Waals surface area (Å²) in [4.78, 5) is 12.8. The van der Waals surface area contributed by atoms with E-state index in [1.807, 2.05) is 12.1 Å². The molecule has 0 spiro atoms. The van der Waals surface area contributed by atoms with E-state index in [2.05, 4.69) is 21.2 Å². The van der Waals surface area contributed by atoms with Crippen LogP contribution in [0.5, 0.6) is 0 Å². The van der Waals surface area contributed by atoms with Crippen molar-refractivity contribution < 1.29 is 13.2 Å². The van der Waals surface area contributed by atoms with Gasteiger partial charge in [0.05, 0.1) is 10.6 Å². The molecule has 0 atom stereocenters. The first kappa shape index (κ1) is 19.7. The molecule has 1 amide bonds. The normalized spacial score (nSPS) is 13.6. The van der Waals surface area contributed by atoms with Crippen LogP contribution in [0.2, 0.25) is 0 Å². The number of rotatable bonds is 4. The van der Waals surface area contributed by atoms with Crippen LogP contribution in [0.4, 0.5) is 11.4 Å². The summed E-state index contributed by atoms with van der Waals surface area (Å²) in [6.45, 7) is 0.438. The van der Waals surface area contributed by atoms with Gasteiger partial charge in [0.15, 0.2) is 0 Å². The van der Waals surface area contributed by atoms with Crippen LogP contribution in [0.3, 0.4) is 0 Å². The third-order valence-corrected chi connectivity index (χ3v) is 7.15. The largest absolute Gasteiger partial charge is 0.322 e. The Bertz CT molecular complexity index is 1160. The summed E-state index contributed by atoms with van der Waals surface area (Å²) in [5.74, 6) is -0.212. The lowest BCUT2D eigenvalue weighted by atomic mass is 10.0. The number of carbonyl (C=O) groups is 1. The highest BCUT2D eigenvalue weighted by atomic mass is 79.9. The lowest BCUT2D eigenvalue weighted by molar-refractivity contribution is 0.102. The van der Waals surface area contributed by atoms with Gasteiger partial charge in [0, 0.05) is 22.3 Å². The first-order valence-electron chi connectivity index (χ1n) is 9.23. The van der Waals surface area contributed by atoms with E-state index in [0.717, 1.165) is 22.9 Å². The third kappa shape index (κ3) is 4.06. The Hall–Kier alpha value is -2.64. The fourth-order valence-corrected chi connectivity index (χ4v) is 5.40. The summed E-state index contributed by atoms with van der Waals surface area (Å²) in [6, 6.07) is 21.0. The summed E-state index contributed by atoms with van der Waals surface area (Å²) >= 11 is 3.37. The number of amides is 1. The van der Waals surface area contributed by atoms with Crippen molar-refractivity contribution in [2.45, 2.75) is 17.7 Å². The minimum atomic E-state index is -3.62. The Labute approximate surface area is 178 Å². The fraction of sp³-hybridized carbons (Fsp3) is 0.136. The van der Waals surface area contributed by atoms with Crippen LogP contribution in [0.25, 0.3) is 0 Å². The molecule has 0 saturated heterocycles. The van der Waals surface area contributed by atoms with Crippen molar-refractivity contribution in [2.75, 3.05) is 16.2 Å². The molecular formula is C22H19BrN2O3S. The van der Waals surface area contributed by atoms with Crippen molar-refractivity contribution in [1.82, 2.24) is 0 Å². The molecule has 1 heterocycles. The van der Waals surface area contributed by atoms with Gasteiger partial charge in [-0.05, 0) is 66.9 Å². The van der Waals surface area contributed by atoms with Gasteiger partial charge in [0.25, 0.3) is 15.9 Å². The zero-order valence-corrected chi connectivity index (χ0v) is 17.9. The molecule has 0 saturated carbocycles. The molecule has 3 aromatic rings. The quantitative estimate of drug-likeness (QED) is 0.592. The second kappa shape index (κ2) is 8.00. The summed E-state index contributed by atoms with van der Waals surface area (Å²) in [5, 5.41) is 2.89. The van der Waals surface area contributed by atoms with Gasteiger partial charge < -0.3 is 5.32 Å². The van der Waals surface area contributed by atoms with Crippen LogP contribution < -0.4 is 9.62 Å². The smallest absolute Gasteiger partial charge is 0.264 e. The number of nitrogens with zero attached hydrogens (tertiary/aromatic N) is 1. The van der Waals surface area contributed by atoms with Crippen molar-refractivity contribution in [3.63, 3.8) is 0 Å². The lowest BCUT2D eigenvalue weighted by Gasteiger charge is -2.30. The molecule has 0 aromatic heterocycles. The van der Waals surface area contributed by atoms with Gasteiger partial charge in [-0.3, -0.25) is 9.10 Å². The number of anilines is 2. The molecule has 1 N–H and O–H groups in total. The first-order chi connectivity index (χ1) is 13.9. The summed E-state index contributed by atoms with van der Waals surface area (Å²) in [5.41, 5.74) is 2.77. The first-order valence-corrected chi connectivity index (χ1v) is 11.5. The predicted molar refractivity (Wildman–Crippen MR) is 118 cm³/mol. The van der Waals surface area contributed by atoms with Crippen molar-refractivity contribution >= 4 is 43.2 Å². The van der Waals surface area contributed by atoms with E-state index in [9.17, 15) is 13.2 Å². The monoisotopic (exact) mass is 470 g/mol. The molecule has 4 rings (SSSR count). The number of hydrogen-bond donors (Lipinski definition) is 1. The summed E-state index contributed by atoms with van der Waals surface area (Å²) in [7, 11) is -3.62. The average Bonchev–Trinajstić information content (AvgIpc) is 2.73. The van der Waals surface area contributed by atoms with E-state index in [0.29, 0.717) is 23.5 Å². The van der Waals surface area contributed by atoms with Crippen LogP contribution in [-0.2, 0) is 16.4 Å². The fourth-order valence-electron chi connectivity index (χ4n) is 3.44. The maximum Gasteiger partial charge on any atom is 0.264 e. The van der Waals surface area contributed by atoms with Crippen LogP contribution in [0.15, 0.2) is 82.2 Å². The third-order valence-electron chi connectivity index (χ3n) is 4.83. The van der Waals surface area contributed by atoms with Gasteiger partial charge in [0.2, 0.25) is 0 Å². The van der Waals surface area contributed by atoms with E-state index < -0.39 is 10.0 Å². The molecule has 7 heteroatoms. The topological polar surface area (TPSA) is 66.5 Å². The summed E-state index contributed by atoms with van der Waals surface area (Å²) < 4.78 is 28.5. The standard InChI is InChI=1S/C22H19BrN2O3S/c23-18-8-4-6-17(14-18)22(26)24-19-11-12-21-16(15-19)7-5-13-25(21)29(27,28)20-9-2-1-3-10-20/h1-4,6,8-12,14-15H,5,7,13H2,(H,24,26). The maximum absolute atomic E-state index is 13.1. The van der Waals surface area contributed by atoms with Gasteiger partial charge in [-0.25, -0.2) is 8.42 Å². The number of nitrogens with one attached hydrogen (secondary N) is 1. The number of hydrogen-bond acceptors (Lipinski definition) is 3. The minimum Gasteiger partial charge on any atom is -0.322 e. The Morgan fingerprint density at radius 3 is 2.52 bits per heavy atom. The number of carbonyl (C=O) groups excluding carboxylic acids is 1. The van der Waals surface area contributed by atoms with E-state index in [1.54, 1.807) is 60.7 Å². The second-order valence-corrected chi connectivity index (χ2v) is 9.58. The second-order valence-electron chi connectivity index (χ2n) is 6.80. The zero-order valence-electron chi connectivity index (χ0n) is 15.5. The van der Waals surface area contributed by atoms with Crippen LogP contribution >= 0.6 is 15.9 Å². The molecule has 0 aliphatic carbocycles. The van der Waals surface area contributed by atoms with E-state index in [4.69, 9.17) is 0 Å². The Kier molecular flexibility index (Phi) is 5.43.